The minimum absolute atomic E-state index is 0.142. The van der Waals surface area contributed by atoms with E-state index in [1.807, 2.05) is 50.2 Å². The number of rotatable bonds is 11. The van der Waals surface area contributed by atoms with Gasteiger partial charge in [0.2, 0.25) is 5.91 Å². The zero-order valence-electron chi connectivity index (χ0n) is 18.3. The maximum absolute atomic E-state index is 12.2. The summed E-state index contributed by atoms with van der Waals surface area (Å²) in [5.41, 5.74) is 2.49. The molecule has 2 aromatic carbocycles. The van der Waals surface area contributed by atoms with Gasteiger partial charge in [-0.3, -0.25) is 9.79 Å². The lowest BCUT2D eigenvalue weighted by Gasteiger charge is -2.13. The summed E-state index contributed by atoms with van der Waals surface area (Å²) in [6, 6.07) is 13.2. The molecule has 0 saturated heterocycles. The van der Waals surface area contributed by atoms with E-state index in [1.165, 1.54) is 0 Å². The second kappa shape index (κ2) is 13.5. The van der Waals surface area contributed by atoms with Crippen LogP contribution in [0, 0.1) is 6.92 Å². The average molecular weight is 447 g/mol. The van der Waals surface area contributed by atoms with E-state index in [9.17, 15) is 4.79 Å². The van der Waals surface area contributed by atoms with Crippen LogP contribution >= 0.6 is 11.6 Å². The standard InChI is InChI=1S/C23H31ClN4O3/c1-4-25-23(27-18-7-5-8-19(16-18)31-14-6-13-30-3)26-12-11-22(29)28-21-10-9-17(2)15-20(21)24/h5,7-10,15-16H,4,6,11-14H2,1-3H3,(H,28,29)(H2,25,26,27). The van der Waals surface area contributed by atoms with Gasteiger partial charge < -0.3 is 25.4 Å². The lowest BCUT2D eigenvalue weighted by atomic mass is 10.2. The SMILES string of the molecule is CCNC(=NCCC(=O)Nc1ccc(C)cc1Cl)Nc1cccc(OCCCOC)c1. The first-order chi connectivity index (χ1) is 15.0. The summed E-state index contributed by atoms with van der Waals surface area (Å²) in [5, 5.41) is 9.77. The minimum atomic E-state index is -0.142. The number of hydrogen-bond acceptors (Lipinski definition) is 4. The highest BCUT2D eigenvalue weighted by Gasteiger charge is 2.07. The molecule has 0 unspecified atom stereocenters. The van der Waals surface area contributed by atoms with Crippen LogP contribution in [0.5, 0.6) is 5.75 Å². The molecule has 0 aliphatic heterocycles. The monoisotopic (exact) mass is 446 g/mol. The van der Waals surface area contributed by atoms with E-state index < -0.39 is 0 Å². The summed E-state index contributed by atoms with van der Waals surface area (Å²) in [4.78, 5) is 16.7. The molecule has 0 aliphatic rings. The number of carbonyl (C=O) groups excluding carboxylic acids is 1. The molecule has 0 saturated carbocycles. The van der Waals surface area contributed by atoms with Gasteiger partial charge in [-0.1, -0.05) is 23.7 Å². The molecule has 0 aromatic heterocycles. The summed E-state index contributed by atoms with van der Waals surface area (Å²) in [5.74, 6) is 1.23. The molecular formula is C23H31ClN4O3. The number of hydrogen-bond donors (Lipinski definition) is 3. The first-order valence-electron chi connectivity index (χ1n) is 10.3. The second-order valence-electron chi connectivity index (χ2n) is 6.89. The molecule has 168 valence electrons. The van der Waals surface area contributed by atoms with E-state index in [1.54, 1.807) is 13.2 Å². The Balaban J connectivity index is 1.89. The lowest BCUT2D eigenvalue weighted by Crippen LogP contribution is -2.31. The third-order valence-corrected chi connectivity index (χ3v) is 4.52. The Labute approximate surface area is 189 Å². The lowest BCUT2D eigenvalue weighted by molar-refractivity contribution is -0.116. The van der Waals surface area contributed by atoms with E-state index in [4.69, 9.17) is 21.1 Å². The predicted molar refractivity (Wildman–Crippen MR) is 127 cm³/mol. The van der Waals surface area contributed by atoms with Gasteiger partial charge in [0.15, 0.2) is 5.96 Å². The molecule has 2 aromatic rings. The largest absolute Gasteiger partial charge is 0.493 e. The van der Waals surface area contributed by atoms with Crippen LogP contribution in [0.4, 0.5) is 11.4 Å². The molecule has 0 fully saturated rings. The number of methoxy groups -OCH3 is 1. The van der Waals surface area contributed by atoms with Gasteiger partial charge >= 0.3 is 0 Å². The highest BCUT2D eigenvalue weighted by Crippen LogP contribution is 2.22. The first-order valence-corrected chi connectivity index (χ1v) is 10.7. The highest BCUT2D eigenvalue weighted by atomic mass is 35.5. The van der Waals surface area contributed by atoms with Crippen molar-refractivity contribution in [3.05, 3.63) is 53.1 Å². The van der Waals surface area contributed by atoms with Gasteiger partial charge in [0, 0.05) is 44.9 Å². The van der Waals surface area contributed by atoms with Gasteiger partial charge in [-0.15, -0.1) is 0 Å². The molecule has 0 atom stereocenters. The number of halogens is 1. The van der Waals surface area contributed by atoms with E-state index in [0.717, 1.165) is 23.4 Å². The Bertz CT molecular complexity index is 874. The quantitative estimate of drug-likeness (QED) is 0.269. The van der Waals surface area contributed by atoms with Crippen molar-refractivity contribution in [1.29, 1.82) is 0 Å². The maximum atomic E-state index is 12.2. The molecule has 0 aliphatic carbocycles. The molecule has 8 heteroatoms. The van der Waals surface area contributed by atoms with Crippen LogP contribution in [0.2, 0.25) is 5.02 Å². The van der Waals surface area contributed by atoms with Gasteiger partial charge in [0.1, 0.15) is 5.75 Å². The molecule has 31 heavy (non-hydrogen) atoms. The van der Waals surface area contributed by atoms with Crippen LogP contribution in [0.3, 0.4) is 0 Å². The fourth-order valence-corrected chi connectivity index (χ4v) is 2.99. The van der Waals surface area contributed by atoms with Crippen molar-refractivity contribution in [2.75, 3.05) is 44.0 Å². The number of aliphatic imine (C=N–C) groups is 1. The summed E-state index contributed by atoms with van der Waals surface area (Å²) in [6.45, 7) is 6.22. The Kier molecular flexibility index (Phi) is 10.7. The molecule has 2 rings (SSSR count). The summed E-state index contributed by atoms with van der Waals surface area (Å²) in [6.07, 6.45) is 1.07. The van der Waals surface area contributed by atoms with Gasteiger partial charge in [-0.25, -0.2) is 0 Å². The second-order valence-corrected chi connectivity index (χ2v) is 7.30. The predicted octanol–water partition coefficient (Wildman–Crippen LogP) is 4.47. The number of guanidine groups is 1. The molecule has 0 bridgehead atoms. The zero-order valence-corrected chi connectivity index (χ0v) is 19.1. The summed E-state index contributed by atoms with van der Waals surface area (Å²) >= 11 is 6.17. The Morgan fingerprint density at radius 1 is 1.13 bits per heavy atom. The van der Waals surface area contributed by atoms with Gasteiger partial charge in [-0.05, 0) is 43.7 Å². The Hall–Kier alpha value is -2.77. The van der Waals surface area contributed by atoms with Crippen molar-refractivity contribution in [2.45, 2.75) is 26.7 Å². The van der Waals surface area contributed by atoms with E-state index >= 15 is 0 Å². The number of carbonyl (C=O) groups is 1. The first kappa shape index (κ1) is 24.5. The number of nitrogens with zero attached hydrogens (tertiary/aromatic N) is 1. The maximum Gasteiger partial charge on any atom is 0.226 e. The number of amides is 1. The molecule has 1 amide bonds. The van der Waals surface area contributed by atoms with Gasteiger partial charge in [-0.2, -0.15) is 0 Å². The van der Waals surface area contributed by atoms with Crippen LogP contribution < -0.4 is 20.7 Å². The minimum Gasteiger partial charge on any atom is -0.493 e. The molecular weight excluding hydrogens is 416 g/mol. The van der Waals surface area contributed by atoms with Crippen LogP contribution in [-0.2, 0) is 9.53 Å². The van der Waals surface area contributed by atoms with Crippen LogP contribution in [-0.4, -0.2) is 45.3 Å². The summed E-state index contributed by atoms with van der Waals surface area (Å²) < 4.78 is 10.8. The van der Waals surface area contributed by atoms with Gasteiger partial charge in [0.25, 0.3) is 0 Å². The summed E-state index contributed by atoms with van der Waals surface area (Å²) in [7, 11) is 1.67. The molecule has 0 spiro atoms. The van der Waals surface area contributed by atoms with Crippen molar-refractivity contribution in [3.8, 4) is 5.75 Å². The van der Waals surface area contributed by atoms with Crippen molar-refractivity contribution >= 4 is 34.8 Å². The van der Waals surface area contributed by atoms with E-state index in [0.29, 0.717) is 43.0 Å². The average Bonchev–Trinajstić information content (AvgIpc) is 2.74. The topological polar surface area (TPSA) is 84.0 Å². The molecule has 3 N–H and O–H groups in total. The zero-order chi connectivity index (χ0) is 22.5. The van der Waals surface area contributed by atoms with E-state index in [2.05, 4.69) is 20.9 Å². The Morgan fingerprint density at radius 3 is 2.71 bits per heavy atom. The fourth-order valence-electron chi connectivity index (χ4n) is 2.70. The fraction of sp³-hybridized carbons (Fsp3) is 0.391. The smallest absolute Gasteiger partial charge is 0.226 e. The van der Waals surface area contributed by atoms with Crippen LogP contribution in [0.1, 0.15) is 25.3 Å². The highest BCUT2D eigenvalue weighted by molar-refractivity contribution is 6.33. The number of anilines is 2. The number of aryl methyl sites for hydroxylation is 1. The van der Waals surface area contributed by atoms with Crippen molar-refractivity contribution < 1.29 is 14.3 Å². The molecule has 0 radical (unpaired) electrons. The normalized spacial score (nSPS) is 11.2. The van der Waals surface area contributed by atoms with E-state index in [-0.39, 0.29) is 12.3 Å². The van der Waals surface area contributed by atoms with Crippen LogP contribution in [0.15, 0.2) is 47.5 Å². The van der Waals surface area contributed by atoms with Crippen molar-refractivity contribution in [1.82, 2.24) is 5.32 Å². The van der Waals surface area contributed by atoms with Gasteiger partial charge in [0.05, 0.1) is 23.9 Å². The Morgan fingerprint density at radius 2 is 1.97 bits per heavy atom. The van der Waals surface area contributed by atoms with Crippen molar-refractivity contribution in [2.24, 2.45) is 4.99 Å². The number of ether oxygens (including phenoxy) is 2. The van der Waals surface area contributed by atoms with Crippen molar-refractivity contribution in [3.63, 3.8) is 0 Å². The third-order valence-electron chi connectivity index (χ3n) is 4.21. The number of benzene rings is 2. The van der Waals surface area contributed by atoms with Crippen LogP contribution in [0.25, 0.3) is 0 Å². The number of nitrogens with one attached hydrogen (secondary N) is 3. The molecule has 7 nitrogen and oxygen atoms in total. The molecule has 0 heterocycles. The third kappa shape index (κ3) is 9.27.